The van der Waals surface area contributed by atoms with E-state index in [-0.39, 0.29) is 10.8 Å². The topological polar surface area (TPSA) is 95.7 Å². The maximum Gasteiger partial charge on any atom is 0.209 e. The minimum Gasteiger partial charge on any atom is -0.347 e. The van der Waals surface area contributed by atoms with E-state index in [1.807, 2.05) is 0 Å². The molecule has 8 heteroatoms. The first-order chi connectivity index (χ1) is 18.6. The first-order valence-electron chi connectivity index (χ1n) is 13.3. The second-order valence-electron chi connectivity index (χ2n) is 11.5. The van der Waals surface area contributed by atoms with Crippen molar-refractivity contribution in [2.45, 2.75) is 57.8 Å². The van der Waals surface area contributed by atoms with E-state index < -0.39 is 10.2 Å². The number of benzene rings is 2. The van der Waals surface area contributed by atoms with Crippen molar-refractivity contribution < 1.29 is 33.5 Å². The molecule has 212 valence electrons. The zero-order chi connectivity index (χ0) is 29.5. The number of nitrogens with zero attached hydrogens (tertiary/aromatic N) is 2. The summed E-state index contributed by atoms with van der Waals surface area (Å²) < 4.78 is 35.0. The number of para-hydroxylation sites is 2. The maximum absolute atomic E-state index is 8.60. The van der Waals surface area contributed by atoms with Crippen LogP contribution in [0.25, 0.3) is 0 Å². The first kappa shape index (κ1) is 30.3. The summed E-state index contributed by atoms with van der Waals surface area (Å²) in [6.07, 6.45) is 12.2. The molecule has 0 bridgehead atoms. The molecule has 5 rings (SSSR count). The van der Waals surface area contributed by atoms with Crippen LogP contribution in [-0.2, 0) is 10.8 Å². The van der Waals surface area contributed by atoms with Crippen LogP contribution in [0.1, 0.15) is 58.1 Å². The second-order valence-corrected chi connectivity index (χ2v) is 12.6. The first-order valence-corrected chi connectivity index (χ1v) is 14.9. The quantitative estimate of drug-likeness (QED) is 0.550. The zero-order valence-corrected chi connectivity index (χ0v) is 25.4. The number of anilines is 1. The zero-order valence-electron chi connectivity index (χ0n) is 23.9. The van der Waals surface area contributed by atoms with Gasteiger partial charge in [-0.05, 0) is 62.0 Å². The number of allylic oxidation sites excluding steroid dienone is 8. The number of rotatable bonds is 3. The minimum atomic E-state index is -4.69. The molecule has 3 aliphatic rings. The Balaban J connectivity index is 0.000000681. The van der Waals surface area contributed by atoms with Crippen LogP contribution in [0.4, 0.5) is 11.4 Å². The van der Waals surface area contributed by atoms with Crippen molar-refractivity contribution in [3.63, 3.8) is 0 Å². The summed E-state index contributed by atoms with van der Waals surface area (Å²) in [5, 5.41) is 0.914. The third-order valence-corrected chi connectivity index (χ3v) is 8.71. The number of hydrogen-bond acceptors (Lipinski definition) is 5. The summed E-state index contributed by atoms with van der Waals surface area (Å²) in [5.41, 5.74) is 10.4. The van der Waals surface area contributed by atoms with Crippen molar-refractivity contribution in [2.75, 3.05) is 19.0 Å². The molecular weight excluding hydrogens is 547 g/mol. The number of halogens is 2. The lowest BCUT2D eigenvalue weighted by molar-refractivity contribution is -1.92. The number of likely N-dealkylation sites (N-methyl/N-ethyl adjacent to an activating group) is 1. The molecule has 0 spiro atoms. The Morgan fingerprint density at radius 1 is 0.900 bits per heavy atom. The lowest BCUT2D eigenvalue weighted by atomic mass is 9.81. The molecule has 2 aromatic carbocycles. The van der Waals surface area contributed by atoms with E-state index in [1.54, 1.807) is 0 Å². The van der Waals surface area contributed by atoms with Crippen LogP contribution < -0.4 is 18.9 Å². The predicted octanol–water partition coefficient (Wildman–Crippen LogP) is 4.04. The summed E-state index contributed by atoms with van der Waals surface area (Å²) in [6, 6.07) is 17.4. The molecule has 0 radical (unpaired) electrons. The van der Waals surface area contributed by atoms with Gasteiger partial charge in [-0.2, -0.15) is 18.6 Å². The van der Waals surface area contributed by atoms with Gasteiger partial charge in [0.25, 0.3) is 0 Å². The predicted molar refractivity (Wildman–Crippen MR) is 152 cm³/mol. The highest BCUT2D eigenvalue weighted by Gasteiger charge is 2.42. The minimum absolute atomic E-state index is 0.0275. The van der Waals surface area contributed by atoms with E-state index in [4.69, 9.17) is 30.2 Å². The van der Waals surface area contributed by atoms with Gasteiger partial charge in [-0.15, -0.1) is 0 Å². The highest BCUT2D eigenvalue weighted by Crippen LogP contribution is 2.47. The third kappa shape index (κ3) is 5.98. The van der Waals surface area contributed by atoms with E-state index in [1.165, 1.54) is 45.1 Å². The van der Waals surface area contributed by atoms with Crippen molar-refractivity contribution in [3.05, 3.63) is 106 Å². The van der Waals surface area contributed by atoms with Crippen LogP contribution in [0.5, 0.6) is 0 Å². The van der Waals surface area contributed by atoms with E-state index >= 15 is 0 Å². The van der Waals surface area contributed by atoms with Gasteiger partial charge in [-0.3, -0.25) is 0 Å². The molecule has 0 fully saturated rings. The molecule has 0 atom stereocenters. The smallest absolute Gasteiger partial charge is 0.209 e. The standard InChI is InChI=1S/C32H36ClN2.ClHO4/c1-31(2)24-14-7-9-16-26(24)34(5)28(31)20-18-22-12-11-13-23(30(22)33)19-21-29-32(3,4)25-15-8-10-17-27(25)35(29)6;2-1(3,4)5/h7-10,14-21H,11-13H2,1-6H3;(H,2,3,4,5)/q+1;. The van der Waals surface area contributed by atoms with Gasteiger partial charge in [0.1, 0.15) is 7.05 Å². The van der Waals surface area contributed by atoms with Gasteiger partial charge in [-0.1, -0.05) is 74.0 Å². The van der Waals surface area contributed by atoms with E-state index in [9.17, 15) is 0 Å². The number of fused-ring (bicyclic) bond motifs is 2. The fourth-order valence-electron chi connectivity index (χ4n) is 6.17. The van der Waals surface area contributed by atoms with E-state index in [0.29, 0.717) is 0 Å². The molecule has 2 heterocycles. The van der Waals surface area contributed by atoms with Crippen molar-refractivity contribution in [3.8, 4) is 0 Å². The average molecular weight is 585 g/mol. The van der Waals surface area contributed by atoms with Crippen LogP contribution >= 0.6 is 11.6 Å². The van der Waals surface area contributed by atoms with Gasteiger partial charge in [0.05, 0.1) is 20.3 Å². The van der Waals surface area contributed by atoms with E-state index in [2.05, 4.69) is 124 Å². The van der Waals surface area contributed by atoms with Crippen molar-refractivity contribution in [1.82, 2.24) is 0 Å². The lowest BCUT2D eigenvalue weighted by Gasteiger charge is -2.24. The maximum atomic E-state index is 8.60. The third-order valence-electron chi connectivity index (χ3n) is 8.22. The molecule has 40 heavy (non-hydrogen) atoms. The van der Waals surface area contributed by atoms with Crippen LogP contribution in [0.2, 0.25) is 0 Å². The van der Waals surface area contributed by atoms with Crippen LogP contribution in [0.15, 0.2) is 94.7 Å². The van der Waals surface area contributed by atoms with Gasteiger partial charge >= 0.3 is 0 Å². The Hall–Kier alpha value is -2.71. The summed E-state index contributed by atoms with van der Waals surface area (Å²) in [7, 11) is -0.362. The molecule has 1 aliphatic carbocycles. The second kappa shape index (κ2) is 11.3. The van der Waals surface area contributed by atoms with Crippen molar-refractivity contribution in [2.24, 2.45) is 0 Å². The number of hydrogen-bond donors (Lipinski definition) is 1. The summed E-state index contributed by atoms with van der Waals surface area (Å²) in [5.74, 6) is 0. The molecule has 0 amide bonds. The Labute approximate surface area is 244 Å². The summed E-state index contributed by atoms with van der Waals surface area (Å²) in [6.45, 7) is 9.23. The van der Waals surface area contributed by atoms with Gasteiger partial charge < -0.3 is 4.90 Å². The van der Waals surface area contributed by atoms with Crippen LogP contribution in [0, 0.1) is 10.2 Å². The molecule has 0 saturated heterocycles. The lowest BCUT2D eigenvalue weighted by Crippen LogP contribution is -2.58. The highest BCUT2D eigenvalue weighted by atomic mass is 35.7. The monoisotopic (exact) mass is 583 g/mol. The van der Waals surface area contributed by atoms with Gasteiger partial charge in [0, 0.05) is 46.6 Å². The highest BCUT2D eigenvalue weighted by molar-refractivity contribution is 6.32. The molecule has 2 aromatic rings. The van der Waals surface area contributed by atoms with Crippen LogP contribution in [0.3, 0.4) is 0 Å². The Kier molecular flexibility index (Phi) is 8.53. The van der Waals surface area contributed by atoms with Crippen molar-refractivity contribution >= 4 is 28.7 Å². The molecule has 2 aliphatic heterocycles. The SMILES string of the molecule is CN1/C(=C\C=C2/CCCC(/C=C/C3=[N+](C)c4ccccc4C3(C)C)=C2Cl)C(C)(C)c2ccccc21.[O-][Cl+3]([O-])([O-])O. The fourth-order valence-corrected chi connectivity index (χ4v) is 6.49. The summed E-state index contributed by atoms with van der Waals surface area (Å²) >= 11 is 7.01. The normalized spacial score (nSPS) is 21.7. The molecule has 0 unspecified atom stereocenters. The molecule has 0 saturated carbocycles. The molecule has 1 N–H and O–H groups in total. The van der Waals surface area contributed by atoms with E-state index in [0.717, 1.165) is 24.3 Å². The fraction of sp³-hybridized carbons (Fsp3) is 0.344. The molecule has 0 aromatic heterocycles. The van der Waals surface area contributed by atoms with Gasteiger partial charge in [0.15, 0.2) is 5.71 Å². The molecular formula is C32H37Cl2N2O4+. The Morgan fingerprint density at radius 2 is 1.50 bits per heavy atom. The Morgan fingerprint density at radius 3 is 2.12 bits per heavy atom. The average Bonchev–Trinajstić information content (AvgIpc) is 3.20. The summed E-state index contributed by atoms with van der Waals surface area (Å²) in [4.78, 5) is 2.32. The van der Waals surface area contributed by atoms with Crippen molar-refractivity contribution in [1.29, 1.82) is 0 Å². The van der Waals surface area contributed by atoms with Gasteiger partial charge in [0.2, 0.25) is 5.69 Å². The Bertz CT molecular complexity index is 1450. The molecule has 6 nitrogen and oxygen atoms in total. The van der Waals surface area contributed by atoms with Crippen LogP contribution in [-0.4, -0.2) is 29.0 Å². The largest absolute Gasteiger partial charge is 0.347 e. The van der Waals surface area contributed by atoms with Gasteiger partial charge in [-0.25, -0.2) is 0 Å².